The predicted molar refractivity (Wildman–Crippen MR) is 86.3 cm³/mol. The fourth-order valence-corrected chi connectivity index (χ4v) is 2.58. The van der Waals surface area contributed by atoms with Crippen LogP contribution in [-0.4, -0.2) is 21.2 Å². The van der Waals surface area contributed by atoms with E-state index in [2.05, 4.69) is 10.1 Å². The van der Waals surface area contributed by atoms with Crippen LogP contribution in [0.3, 0.4) is 0 Å². The molecule has 0 aliphatic carbocycles. The number of aryl methyl sites for hydroxylation is 2. The van der Waals surface area contributed by atoms with Gasteiger partial charge in [-0.05, 0) is 43.5 Å². The number of nitrogens with zero attached hydrogens (tertiary/aromatic N) is 2. The lowest BCUT2D eigenvalue weighted by molar-refractivity contribution is 0.0696. The van der Waals surface area contributed by atoms with Gasteiger partial charge in [0.15, 0.2) is 0 Å². The molecule has 3 aromatic rings. The molecule has 6 heteroatoms. The van der Waals surface area contributed by atoms with Crippen molar-refractivity contribution >= 4 is 5.97 Å². The topological polar surface area (TPSA) is 76.2 Å². The molecule has 0 saturated carbocycles. The van der Waals surface area contributed by atoms with Crippen LogP contribution in [0.2, 0.25) is 0 Å². The summed E-state index contributed by atoms with van der Waals surface area (Å²) in [7, 11) is 0. The molecule has 1 heterocycles. The second-order valence-corrected chi connectivity index (χ2v) is 5.59. The molecule has 0 aliphatic rings. The van der Waals surface area contributed by atoms with Crippen LogP contribution < -0.4 is 0 Å². The monoisotopic (exact) mass is 326 g/mol. The number of hydrogen-bond acceptors (Lipinski definition) is 4. The van der Waals surface area contributed by atoms with Crippen molar-refractivity contribution in [1.82, 2.24) is 10.1 Å². The molecule has 2 aromatic carbocycles. The number of carbonyl (C=O) groups is 1. The highest BCUT2D eigenvalue weighted by molar-refractivity contribution is 5.91. The third kappa shape index (κ3) is 2.56. The molecule has 0 aliphatic heterocycles. The first-order chi connectivity index (χ1) is 11.4. The lowest BCUT2D eigenvalue weighted by Gasteiger charge is -2.05. The minimum absolute atomic E-state index is 0.0730. The number of halogens is 1. The maximum atomic E-state index is 14.4. The second-order valence-electron chi connectivity index (χ2n) is 5.59. The molecule has 0 unspecified atom stereocenters. The van der Waals surface area contributed by atoms with Crippen LogP contribution in [0.1, 0.15) is 27.0 Å². The summed E-state index contributed by atoms with van der Waals surface area (Å²) in [4.78, 5) is 15.5. The third-order valence-corrected chi connectivity index (χ3v) is 3.99. The van der Waals surface area contributed by atoms with Crippen molar-refractivity contribution < 1.29 is 18.8 Å². The van der Waals surface area contributed by atoms with Crippen LogP contribution in [-0.2, 0) is 0 Å². The Balaban J connectivity index is 2.12. The van der Waals surface area contributed by atoms with Crippen molar-refractivity contribution in [1.29, 1.82) is 0 Å². The zero-order valence-corrected chi connectivity index (χ0v) is 13.4. The van der Waals surface area contributed by atoms with E-state index in [1.807, 2.05) is 0 Å². The number of rotatable bonds is 3. The molecule has 1 aromatic heterocycles. The molecule has 0 saturated heterocycles. The van der Waals surface area contributed by atoms with Crippen LogP contribution >= 0.6 is 0 Å². The van der Waals surface area contributed by atoms with Crippen molar-refractivity contribution in [2.75, 3.05) is 0 Å². The molecule has 0 amide bonds. The molecule has 24 heavy (non-hydrogen) atoms. The maximum absolute atomic E-state index is 14.4. The minimum Gasteiger partial charge on any atom is -0.478 e. The number of carboxylic acid groups (broad SMARTS) is 1. The summed E-state index contributed by atoms with van der Waals surface area (Å²) in [5.41, 5.74) is 2.66. The Bertz CT molecular complexity index is 947. The van der Waals surface area contributed by atoms with E-state index in [-0.39, 0.29) is 22.8 Å². The highest BCUT2D eigenvalue weighted by atomic mass is 19.1. The molecule has 3 rings (SSSR count). The van der Waals surface area contributed by atoms with Gasteiger partial charge in [0.25, 0.3) is 5.89 Å². The molecule has 0 bridgehead atoms. The molecule has 1 N–H and O–H groups in total. The number of carboxylic acids is 1. The van der Waals surface area contributed by atoms with Gasteiger partial charge in [0.05, 0.1) is 11.1 Å². The highest BCUT2D eigenvalue weighted by Crippen LogP contribution is 2.30. The van der Waals surface area contributed by atoms with E-state index in [4.69, 9.17) is 4.52 Å². The van der Waals surface area contributed by atoms with Crippen LogP contribution in [0.25, 0.3) is 22.8 Å². The van der Waals surface area contributed by atoms with E-state index in [1.165, 1.54) is 6.07 Å². The summed E-state index contributed by atoms with van der Waals surface area (Å²) < 4.78 is 19.6. The van der Waals surface area contributed by atoms with Crippen molar-refractivity contribution in [3.05, 3.63) is 58.4 Å². The van der Waals surface area contributed by atoms with Gasteiger partial charge in [0.2, 0.25) is 5.82 Å². The average molecular weight is 326 g/mol. The Labute approximate surface area is 137 Å². The van der Waals surface area contributed by atoms with Gasteiger partial charge < -0.3 is 9.63 Å². The van der Waals surface area contributed by atoms with Crippen LogP contribution in [0.4, 0.5) is 4.39 Å². The summed E-state index contributed by atoms with van der Waals surface area (Å²) in [5.74, 6) is -1.13. The zero-order chi connectivity index (χ0) is 17.4. The van der Waals surface area contributed by atoms with E-state index in [9.17, 15) is 14.3 Å². The van der Waals surface area contributed by atoms with Gasteiger partial charge >= 0.3 is 5.97 Å². The van der Waals surface area contributed by atoms with E-state index in [0.29, 0.717) is 22.3 Å². The molecule has 122 valence electrons. The summed E-state index contributed by atoms with van der Waals surface area (Å²) >= 11 is 0. The van der Waals surface area contributed by atoms with Gasteiger partial charge in [0, 0.05) is 5.56 Å². The van der Waals surface area contributed by atoms with Crippen LogP contribution in [0.15, 0.2) is 34.9 Å². The summed E-state index contributed by atoms with van der Waals surface area (Å²) in [5, 5.41) is 13.1. The number of hydrogen-bond donors (Lipinski definition) is 1. The van der Waals surface area contributed by atoms with Gasteiger partial charge in [-0.3, -0.25) is 0 Å². The van der Waals surface area contributed by atoms with Crippen molar-refractivity contribution in [2.24, 2.45) is 0 Å². The van der Waals surface area contributed by atoms with E-state index < -0.39 is 11.8 Å². The molecule has 5 nitrogen and oxygen atoms in total. The molecule has 0 atom stereocenters. The molecule has 0 radical (unpaired) electrons. The summed E-state index contributed by atoms with van der Waals surface area (Å²) in [6.45, 7) is 5.10. The summed E-state index contributed by atoms with van der Waals surface area (Å²) in [6.07, 6.45) is 0. The van der Waals surface area contributed by atoms with Crippen LogP contribution in [0, 0.1) is 26.6 Å². The average Bonchev–Trinajstić information content (AvgIpc) is 3.00. The zero-order valence-electron chi connectivity index (χ0n) is 13.4. The van der Waals surface area contributed by atoms with E-state index in [0.717, 1.165) is 0 Å². The Morgan fingerprint density at radius 3 is 2.54 bits per heavy atom. The molecule has 0 spiro atoms. The summed E-state index contributed by atoms with van der Waals surface area (Å²) in [6, 6.07) is 8.29. The largest absolute Gasteiger partial charge is 0.478 e. The SMILES string of the molecule is Cc1ccc(C)c(-c2nc(-c3cccc(C(=O)O)c3C)no2)c1F. The fourth-order valence-electron chi connectivity index (χ4n) is 2.58. The first-order valence-electron chi connectivity index (χ1n) is 7.33. The Kier molecular flexibility index (Phi) is 3.89. The van der Waals surface area contributed by atoms with Crippen molar-refractivity contribution in [2.45, 2.75) is 20.8 Å². The third-order valence-electron chi connectivity index (χ3n) is 3.99. The van der Waals surface area contributed by atoms with E-state index in [1.54, 1.807) is 45.0 Å². The molecular formula is C18H15FN2O3. The standard InChI is InChI=1S/C18H15FN2O3/c1-9-7-8-10(2)15(19)14(9)17-20-16(21-24-17)12-5-4-6-13(11(12)3)18(22)23/h4-8H,1-3H3,(H,22,23). The molecule has 0 fully saturated rings. The first kappa shape index (κ1) is 15.9. The van der Waals surface area contributed by atoms with Crippen molar-refractivity contribution in [3.63, 3.8) is 0 Å². The smallest absolute Gasteiger partial charge is 0.335 e. The normalized spacial score (nSPS) is 10.8. The van der Waals surface area contributed by atoms with Gasteiger partial charge in [-0.2, -0.15) is 4.98 Å². The maximum Gasteiger partial charge on any atom is 0.335 e. The second kappa shape index (κ2) is 5.88. The van der Waals surface area contributed by atoms with Gasteiger partial charge in [-0.25, -0.2) is 9.18 Å². The lowest BCUT2D eigenvalue weighted by atomic mass is 10.0. The highest BCUT2D eigenvalue weighted by Gasteiger charge is 2.20. The van der Waals surface area contributed by atoms with Gasteiger partial charge in [-0.15, -0.1) is 0 Å². The van der Waals surface area contributed by atoms with Crippen molar-refractivity contribution in [3.8, 4) is 22.8 Å². The predicted octanol–water partition coefficient (Wildman–Crippen LogP) is 4.17. The quantitative estimate of drug-likeness (QED) is 0.782. The first-order valence-corrected chi connectivity index (χ1v) is 7.33. The van der Waals surface area contributed by atoms with Crippen LogP contribution in [0.5, 0.6) is 0 Å². The fraction of sp³-hybridized carbons (Fsp3) is 0.167. The van der Waals surface area contributed by atoms with Gasteiger partial charge in [0.1, 0.15) is 5.82 Å². The number of benzene rings is 2. The Morgan fingerprint density at radius 1 is 1.12 bits per heavy atom. The van der Waals surface area contributed by atoms with Gasteiger partial charge in [-0.1, -0.05) is 29.4 Å². The minimum atomic E-state index is -1.03. The van der Waals surface area contributed by atoms with E-state index >= 15 is 0 Å². The lowest BCUT2D eigenvalue weighted by Crippen LogP contribution is -2.01. The Hall–Kier alpha value is -3.02. The Morgan fingerprint density at radius 2 is 1.83 bits per heavy atom. The number of aromatic carboxylic acids is 1. The number of aromatic nitrogens is 2. The molecular weight excluding hydrogens is 311 g/mol.